The number of amides is 1. The van der Waals surface area contributed by atoms with Gasteiger partial charge in [-0.25, -0.2) is 4.98 Å². The summed E-state index contributed by atoms with van der Waals surface area (Å²) in [5, 5.41) is 1.32. The van der Waals surface area contributed by atoms with Gasteiger partial charge in [0, 0.05) is 13.1 Å². The van der Waals surface area contributed by atoms with Gasteiger partial charge in [-0.05, 0) is 42.8 Å². The lowest BCUT2D eigenvalue weighted by Crippen LogP contribution is -2.27. The van der Waals surface area contributed by atoms with Crippen molar-refractivity contribution in [3.05, 3.63) is 58.1 Å². The van der Waals surface area contributed by atoms with Crippen LogP contribution in [0.1, 0.15) is 23.5 Å². The third-order valence-corrected chi connectivity index (χ3v) is 5.96. The summed E-state index contributed by atoms with van der Waals surface area (Å²) in [7, 11) is 4.84. The Bertz CT molecular complexity index is 999. The molecule has 1 heterocycles. The number of aromatic nitrogens is 1. The van der Waals surface area contributed by atoms with Gasteiger partial charge in [-0.2, -0.15) is 0 Å². The Hall–Kier alpha value is -2.57. The van der Waals surface area contributed by atoms with Gasteiger partial charge in [0.25, 0.3) is 0 Å². The summed E-state index contributed by atoms with van der Waals surface area (Å²) >= 11 is 7.82. The zero-order valence-electron chi connectivity index (χ0n) is 16.1. The van der Waals surface area contributed by atoms with Crippen LogP contribution in [-0.2, 0) is 4.79 Å². The Balaban J connectivity index is 1.77. The molecule has 0 bridgehead atoms. The summed E-state index contributed by atoms with van der Waals surface area (Å²) in [5.41, 5.74) is 1.70. The Morgan fingerprint density at radius 3 is 2.68 bits per heavy atom. The van der Waals surface area contributed by atoms with Crippen LogP contribution < -0.4 is 9.47 Å². The van der Waals surface area contributed by atoms with Gasteiger partial charge in [0.05, 0.1) is 35.5 Å². The summed E-state index contributed by atoms with van der Waals surface area (Å²) in [6.45, 7) is 1.97. The van der Waals surface area contributed by atoms with Crippen molar-refractivity contribution in [1.29, 1.82) is 0 Å². The summed E-state index contributed by atoms with van der Waals surface area (Å²) < 4.78 is 11.6. The molecular formula is C21H21ClN2O3S. The molecule has 28 heavy (non-hydrogen) atoms. The number of carbonyl (C=O) groups excluding carboxylic acids is 1. The Morgan fingerprint density at radius 2 is 2.00 bits per heavy atom. The van der Waals surface area contributed by atoms with E-state index in [1.807, 2.05) is 31.2 Å². The highest BCUT2D eigenvalue weighted by Crippen LogP contribution is 2.36. The molecule has 3 aromatic rings. The Morgan fingerprint density at radius 1 is 1.25 bits per heavy atom. The fraction of sp³-hybridized carbons (Fsp3) is 0.238. The molecule has 0 N–H and O–H groups in total. The first-order valence-corrected chi connectivity index (χ1v) is 9.86. The lowest BCUT2D eigenvalue weighted by atomic mass is 10.1. The number of rotatable bonds is 6. The van der Waals surface area contributed by atoms with E-state index in [4.69, 9.17) is 21.1 Å². The summed E-state index contributed by atoms with van der Waals surface area (Å²) in [4.78, 5) is 18.9. The van der Waals surface area contributed by atoms with Gasteiger partial charge < -0.3 is 14.4 Å². The largest absolute Gasteiger partial charge is 0.493 e. The first-order chi connectivity index (χ1) is 13.4. The quantitative estimate of drug-likeness (QED) is 0.518. The third-order valence-electron chi connectivity index (χ3n) is 4.47. The molecule has 3 rings (SSSR count). The molecule has 0 aliphatic rings. The number of methoxy groups -OCH3 is 2. The van der Waals surface area contributed by atoms with Crippen molar-refractivity contribution < 1.29 is 14.3 Å². The zero-order chi connectivity index (χ0) is 20.3. The fourth-order valence-electron chi connectivity index (χ4n) is 2.74. The summed E-state index contributed by atoms with van der Waals surface area (Å²) in [6, 6.07) is 11.3. The van der Waals surface area contributed by atoms with Gasteiger partial charge in [0.1, 0.15) is 5.01 Å². The molecule has 1 atom stereocenters. The highest BCUT2D eigenvalue weighted by molar-refractivity contribution is 7.18. The van der Waals surface area contributed by atoms with Crippen LogP contribution in [0.4, 0.5) is 0 Å². The van der Waals surface area contributed by atoms with E-state index in [0.29, 0.717) is 16.5 Å². The molecule has 0 fully saturated rings. The van der Waals surface area contributed by atoms with Crippen molar-refractivity contribution in [2.75, 3.05) is 21.3 Å². The summed E-state index contributed by atoms with van der Waals surface area (Å²) in [5.74, 6) is 0.852. The van der Waals surface area contributed by atoms with Crippen LogP contribution in [0.5, 0.6) is 11.5 Å². The van der Waals surface area contributed by atoms with Gasteiger partial charge in [-0.1, -0.05) is 23.7 Å². The van der Waals surface area contributed by atoms with E-state index in [9.17, 15) is 4.79 Å². The van der Waals surface area contributed by atoms with Gasteiger partial charge in [-0.3, -0.25) is 4.79 Å². The molecule has 146 valence electrons. The predicted molar refractivity (Wildman–Crippen MR) is 114 cm³/mol. The smallest absolute Gasteiger partial charge is 0.246 e. The molecule has 0 radical (unpaired) electrons. The molecule has 0 saturated heterocycles. The minimum Gasteiger partial charge on any atom is -0.493 e. The van der Waals surface area contributed by atoms with Gasteiger partial charge >= 0.3 is 0 Å². The number of carbonyl (C=O) groups is 1. The van der Waals surface area contributed by atoms with Crippen molar-refractivity contribution in [2.45, 2.75) is 13.0 Å². The Labute approximate surface area is 173 Å². The van der Waals surface area contributed by atoms with Crippen LogP contribution >= 0.6 is 22.9 Å². The molecule has 0 aliphatic heterocycles. The van der Waals surface area contributed by atoms with Crippen LogP contribution in [0.15, 0.2) is 42.5 Å². The molecular weight excluding hydrogens is 396 g/mol. The SMILES string of the molecule is COc1cc(/C=C/C(=O)N(C)[C@H](C)c2nc3ccccc3s2)cc(Cl)c1OC. The van der Waals surface area contributed by atoms with Gasteiger partial charge in [-0.15, -0.1) is 11.3 Å². The maximum atomic E-state index is 12.6. The number of thiazole rings is 1. The zero-order valence-corrected chi connectivity index (χ0v) is 17.7. The number of para-hydroxylation sites is 1. The van der Waals surface area contributed by atoms with Crippen LogP contribution in [0, 0.1) is 0 Å². The van der Waals surface area contributed by atoms with Crippen molar-refractivity contribution >= 4 is 45.1 Å². The van der Waals surface area contributed by atoms with Gasteiger partial charge in [0.2, 0.25) is 5.91 Å². The monoisotopic (exact) mass is 416 g/mol. The third kappa shape index (κ3) is 4.13. The fourth-order valence-corrected chi connectivity index (χ4v) is 4.10. The van der Waals surface area contributed by atoms with E-state index in [0.717, 1.165) is 20.8 Å². The maximum Gasteiger partial charge on any atom is 0.246 e. The van der Waals surface area contributed by atoms with Crippen molar-refractivity contribution in [1.82, 2.24) is 9.88 Å². The normalized spacial score (nSPS) is 12.3. The molecule has 2 aromatic carbocycles. The molecule has 5 nitrogen and oxygen atoms in total. The second-order valence-corrected chi connectivity index (χ2v) is 7.69. The molecule has 7 heteroatoms. The van der Waals surface area contributed by atoms with E-state index in [1.54, 1.807) is 48.6 Å². The summed E-state index contributed by atoms with van der Waals surface area (Å²) in [6.07, 6.45) is 3.22. The number of nitrogens with zero attached hydrogens (tertiary/aromatic N) is 2. The minimum absolute atomic E-state index is 0.127. The van der Waals surface area contributed by atoms with Crippen LogP contribution in [0.2, 0.25) is 5.02 Å². The molecule has 1 aromatic heterocycles. The van der Waals surface area contributed by atoms with Crippen molar-refractivity contribution in [3.8, 4) is 11.5 Å². The lowest BCUT2D eigenvalue weighted by molar-refractivity contribution is -0.126. The number of likely N-dealkylation sites (N-methyl/N-ethyl adjacent to an activating group) is 1. The predicted octanol–water partition coefficient (Wildman–Crippen LogP) is 5.20. The molecule has 0 saturated carbocycles. The average Bonchev–Trinajstić information content (AvgIpc) is 3.14. The second-order valence-electron chi connectivity index (χ2n) is 6.22. The van der Waals surface area contributed by atoms with Crippen molar-refractivity contribution in [2.24, 2.45) is 0 Å². The standard InChI is InChI=1S/C21H21ClN2O3S/c1-13(21-23-16-7-5-6-8-18(16)28-21)24(2)19(25)10-9-14-11-15(22)20(27-4)17(12-14)26-3/h5-13H,1-4H3/b10-9+/t13-/m1/s1. The Kier molecular flexibility index (Phi) is 6.21. The van der Waals surface area contributed by atoms with E-state index < -0.39 is 0 Å². The molecule has 0 aliphatic carbocycles. The number of halogens is 1. The number of hydrogen-bond donors (Lipinski definition) is 0. The van der Waals surface area contributed by atoms with Gasteiger partial charge in [0.15, 0.2) is 11.5 Å². The lowest BCUT2D eigenvalue weighted by Gasteiger charge is -2.21. The first kappa shape index (κ1) is 20.2. The van der Waals surface area contributed by atoms with E-state index in [1.165, 1.54) is 13.2 Å². The van der Waals surface area contributed by atoms with Crippen LogP contribution in [0.3, 0.4) is 0 Å². The molecule has 0 spiro atoms. The highest BCUT2D eigenvalue weighted by atomic mass is 35.5. The molecule has 1 amide bonds. The van der Waals surface area contributed by atoms with Crippen molar-refractivity contribution in [3.63, 3.8) is 0 Å². The molecule has 0 unspecified atom stereocenters. The van der Waals surface area contributed by atoms with Crippen LogP contribution in [-0.4, -0.2) is 37.1 Å². The average molecular weight is 417 g/mol. The number of fused-ring (bicyclic) bond motifs is 1. The van der Waals surface area contributed by atoms with E-state index >= 15 is 0 Å². The maximum absolute atomic E-state index is 12.6. The second kappa shape index (κ2) is 8.63. The number of benzene rings is 2. The number of hydrogen-bond acceptors (Lipinski definition) is 5. The highest BCUT2D eigenvalue weighted by Gasteiger charge is 2.19. The first-order valence-electron chi connectivity index (χ1n) is 8.66. The minimum atomic E-state index is -0.136. The van der Waals surface area contributed by atoms with Crippen LogP contribution in [0.25, 0.3) is 16.3 Å². The van der Waals surface area contributed by atoms with E-state index in [2.05, 4.69) is 4.98 Å². The van der Waals surface area contributed by atoms with E-state index in [-0.39, 0.29) is 11.9 Å². The topological polar surface area (TPSA) is 51.7 Å². The number of ether oxygens (including phenoxy) is 2.